The topological polar surface area (TPSA) is 64.3 Å². The molecule has 0 bridgehead atoms. The highest BCUT2D eigenvalue weighted by Gasteiger charge is 2.22. The summed E-state index contributed by atoms with van der Waals surface area (Å²) in [6.45, 7) is 1.74. The summed E-state index contributed by atoms with van der Waals surface area (Å²) in [6, 6.07) is 14.1. The number of aliphatic carboxylic acids is 1. The highest BCUT2D eigenvalue weighted by Crippen LogP contribution is 2.32. The van der Waals surface area contributed by atoms with Crippen LogP contribution in [-0.2, 0) is 4.79 Å². The first-order valence-corrected chi connectivity index (χ1v) is 7.57. The fourth-order valence-corrected chi connectivity index (χ4v) is 3.28. The van der Waals surface area contributed by atoms with Crippen molar-refractivity contribution in [3.8, 4) is 6.07 Å². The highest BCUT2D eigenvalue weighted by atomic mass is 16.4. The summed E-state index contributed by atoms with van der Waals surface area (Å²) in [6.07, 6.45) is 2.07. The molecule has 1 saturated heterocycles. The lowest BCUT2D eigenvalue weighted by Crippen LogP contribution is -2.34. The second-order valence-corrected chi connectivity index (χ2v) is 5.82. The standard InChI is InChI=1S/C18H18N2O2/c19-12-14-5-6-17(16-4-2-1-3-15(14)16)20-9-7-13(8-10-20)11-18(21)22/h1-6,13H,7-11H2,(H,21,22). The number of nitriles is 1. The number of rotatable bonds is 3. The Morgan fingerprint density at radius 2 is 1.86 bits per heavy atom. The van der Waals surface area contributed by atoms with E-state index in [2.05, 4.69) is 17.0 Å². The SMILES string of the molecule is N#Cc1ccc(N2CCC(CC(=O)O)CC2)c2ccccc12. The van der Waals surface area contributed by atoms with Gasteiger partial charge in [-0.1, -0.05) is 24.3 Å². The van der Waals surface area contributed by atoms with Gasteiger partial charge in [-0.3, -0.25) is 4.79 Å². The van der Waals surface area contributed by atoms with Crippen molar-refractivity contribution in [3.05, 3.63) is 42.0 Å². The maximum absolute atomic E-state index is 10.8. The molecule has 1 fully saturated rings. The van der Waals surface area contributed by atoms with Gasteiger partial charge in [0.25, 0.3) is 0 Å². The second-order valence-electron chi connectivity index (χ2n) is 5.82. The molecule has 0 amide bonds. The van der Waals surface area contributed by atoms with Gasteiger partial charge >= 0.3 is 5.97 Å². The van der Waals surface area contributed by atoms with Gasteiger partial charge < -0.3 is 10.0 Å². The number of carboxylic acids is 1. The fourth-order valence-electron chi connectivity index (χ4n) is 3.28. The third-order valence-corrected chi connectivity index (χ3v) is 4.44. The minimum atomic E-state index is -0.706. The molecule has 1 heterocycles. The molecule has 2 aromatic carbocycles. The van der Waals surface area contributed by atoms with Gasteiger partial charge in [0.2, 0.25) is 0 Å². The number of anilines is 1. The van der Waals surface area contributed by atoms with E-state index in [1.54, 1.807) is 0 Å². The Morgan fingerprint density at radius 3 is 2.50 bits per heavy atom. The average molecular weight is 294 g/mol. The number of carboxylic acid groups (broad SMARTS) is 1. The minimum Gasteiger partial charge on any atom is -0.481 e. The monoisotopic (exact) mass is 294 g/mol. The van der Waals surface area contributed by atoms with Crippen molar-refractivity contribution in [1.82, 2.24) is 0 Å². The summed E-state index contributed by atoms with van der Waals surface area (Å²) in [4.78, 5) is 13.1. The molecule has 0 unspecified atom stereocenters. The summed E-state index contributed by atoms with van der Waals surface area (Å²) in [5, 5.41) is 20.2. The highest BCUT2D eigenvalue weighted by molar-refractivity contribution is 5.97. The molecule has 1 N–H and O–H groups in total. The largest absolute Gasteiger partial charge is 0.481 e. The maximum Gasteiger partial charge on any atom is 0.303 e. The zero-order valence-corrected chi connectivity index (χ0v) is 12.3. The summed E-state index contributed by atoms with van der Waals surface area (Å²) in [7, 11) is 0. The van der Waals surface area contributed by atoms with Crippen molar-refractivity contribution in [3.63, 3.8) is 0 Å². The van der Waals surface area contributed by atoms with Crippen LogP contribution in [0.1, 0.15) is 24.8 Å². The summed E-state index contributed by atoms with van der Waals surface area (Å²) in [5.41, 5.74) is 1.84. The zero-order chi connectivity index (χ0) is 15.5. The van der Waals surface area contributed by atoms with Crippen molar-refractivity contribution in [2.45, 2.75) is 19.3 Å². The number of piperidine rings is 1. The lowest BCUT2D eigenvalue weighted by Gasteiger charge is -2.34. The Morgan fingerprint density at radius 1 is 1.18 bits per heavy atom. The molecule has 0 aliphatic carbocycles. The van der Waals surface area contributed by atoms with Crippen LogP contribution in [0.2, 0.25) is 0 Å². The van der Waals surface area contributed by atoms with Crippen LogP contribution in [-0.4, -0.2) is 24.2 Å². The van der Waals surface area contributed by atoms with Gasteiger partial charge in [-0.15, -0.1) is 0 Å². The quantitative estimate of drug-likeness (QED) is 0.942. The molecule has 4 nitrogen and oxygen atoms in total. The van der Waals surface area contributed by atoms with E-state index < -0.39 is 5.97 Å². The summed E-state index contributed by atoms with van der Waals surface area (Å²) < 4.78 is 0. The van der Waals surface area contributed by atoms with Crippen LogP contribution >= 0.6 is 0 Å². The Bertz CT molecular complexity index is 740. The molecule has 0 radical (unpaired) electrons. The van der Waals surface area contributed by atoms with Crippen molar-refractivity contribution >= 4 is 22.4 Å². The lowest BCUT2D eigenvalue weighted by molar-refractivity contribution is -0.138. The first-order valence-electron chi connectivity index (χ1n) is 7.57. The molecular formula is C18H18N2O2. The van der Waals surface area contributed by atoms with E-state index in [0.29, 0.717) is 5.56 Å². The van der Waals surface area contributed by atoms with Crippen molar-refractivity contribution in [1.29, 1.82) is 5.26 Å². The van der Waals surface area contributed by atoms with E-state index >= 15 is 0 Å². The first-order chi connectivity index (χ1) is 10.7. The van der Waals surface area contributed by atoms with Gasteiger partial charge in [0.05, 0.1) is 11.6 Å². The molecule has 0 aromatic heterocycles. The van der Waals surface area contributed by atoms with Crippen molar-refractivity contribution in [2.24, 2.45) is 5.92 Å². The van der Waals surface area contributed by atoms with E-state index in [4.69, 9.17) is 5.11 Å². The van der Waals surface area contributed by atoms with Gasteiger partial charge in [-0.25, -0.2) is 0 Å². The number of benzene rings is 2. The van der Waals surface area contributed by atoms with Crippen LogP contribution in [0.4, 0.5) is 5.69 Å². The van der Waals surface area contributed by atoms with Crippen LogP contribution in [0.5, 0.6) is 0 Å². The van der Waals surface area contributed by atoms with E-state index in [9.17, 15) is 10.1 Å². The third kappa shape index (κ3) is 2.75. The van der Waals surface area contributed by atoms with Crippen LogP contribution in [0.3, 0.4) is 0 Å². The molecule has 0 atom stereocenters. The summed E-state index contributed by atoms with van der Waals surface area (Å²) >= 11 is 0. The molecule has 112 valence electrons. The van der Waals surface area contributed by atoms with E-state index in [1.165, 1.54) is 0 Å². The molecule has 4 heteroatoms. The van der Waals surface area contributed by atoms with Crippen LogP contribution < -0.4 is 4.90 Å². The van der Waals surface area contributed by atoms with Gasteiger partial charge in [0.15, 0.2) is 0 Å². The zero-order valence-electron chi connectivity index (χ0n) is 12.3. The van der Waals surface area contributed by atoms with Gasteiger partial charge in [-0.2, -0.15) is 5.26 Å². The Hall–Kier alpha value is -2.54. The molecular weight excluding hydrogens is 276 g/mol. The second kappa shape index (κ2) is 6.07. The number of hydrogen-bond donors (Lipinski definition) is 1. The fraction of sp³-hybridized carbons (Fsp3) is 0.333. The number of fused-ring (bicyclic) bond motifs is 1. The Labute approximate surface area is 129 Å². The van der Waals surface area contributed by atoms with Gasteiger partial charge in [0.1, 0.15) is 0 Å². The predicted molar refractivity (Wildman–Crippen MR) is 85.9 cm³/mol. The van der Waals surface area contributed by atoms with Crippen molar-refractivity contribution < 1.29 is 9.90 Å². The van der Waals surface area contributed by atoms with Gasteiger partial charge in [0, 0.05) is 36.0 Å². The first kappa shape index (κ1) is 14.4. The number of hydrogen-bond acceptors (Lipinski definition) is 3. The van der Waals surface area contributed by atoms with Crippen LogP contribution in [0, 0.1) is 17.2 Å². The Balaban J connectivity index is 1.86. The molecule has 0 spiro atoms. The normalized spacial score (nSPS) is 15.7. The minimum absolute atomic E-state index is 0.266. The molecule has 1 aliphatic rings. The van der Waals surface area contributed by atoms with Crippen LogP contribution in [0.15, 0.2) is 36.4 Å². The third-order valence-electron chi connectivity index (χ3n) is 4.44. The van der Waals surface area contributed by atoms with Gasteiger partial charge in [-0.05, 0) is 30.9 Å². The van der Waals surface area contributed by atoms with E-state index in [0.717, 1.165) is 42.4 Å². The van der Waals surface area contributed by atoms with Crippen LogP contribution in [0.25, 0.3) is 10.8 Å². The predicted octanol–water partition coefficient (Wildman–Crippen LogP) is 3.40. The average Bonchev–Trinajstić information content (AvgIpc) is 2.54. The molecule has 1 aliphatic heterocycles. The molecule has 0 saturated carbocycles. The summed E-state index contributed by atoms with van der Waals surface area (Å²) in [5.74, 6) is -0.430. The molecule has 22 heavy (non-hydrogen) atoms. The molecule has 2 aromatic rings. The number of carbonyl (C=O) groups is 1. The van der Waals surface area contributed by atoms with Crippen molar-refractivity contribution in [2.75, 3.05) is 18.0 Å². The lowest BCUT2D eigenvalue weighted by atomic mass is 9.92. The Kier molecular flexibility index (Phi) is 3.97. The number of nitrogens with zero attached hydrogens (tertiary/aromatic N) is 2. The van der Waals surface area contributed by atoms with E-state index in [1.807, 2.05) is 30.3 Å². The van der Waals surface area contributed by atoms with E-state index in [-0.39, 0.29) is 12.3 Å². The smallest absolute Gasteiger partial charge is 0.303 e. The maximum atomic E-state index is 10.8. The molecule has 3 rings (SSSR count).